The molecule has 0 aliphatic heterocycles. The van der Waals surface area contributed by atoms with Crippen molar-refractivity contribution in [1.82, 2.24) is 0 Å². The minimum atomic E-state index is 0.382. The number of benzene rings is 1. The molecule has 94 valence electrons. The van der Waals surface area contributed by atoms with Gasteiger partial charge in [0, 0.05) is 19.2 Å². The van der Waals surface area contributed by atoms with E-state index in [9.17, 15) is 0 Å². The van der Waals surface area contributed by atoms with E-state index in [1.807, 2.05) is 18.2 Å². The summed E-state index contributed by atoms with van der Waals surface area (Å²) in [6.45, 7) is 3.21. The summed E-state index contributed by atoms with van der Waals surface area (Å²) in [5.74, 6) is 0. The molecule has 0 bridgehead atoms. The minimum Gasteiger partial charge on any atom is -0.389 e. The number of unbranched alkanes of at least 4 members (excludes halogenated alkanes) is 2. The average Bonchev–Trinajstić information content (AvgIpc) is 2.28. The summed E-state index contributed by atoms with van der Waals surface area (Å²) >= 11 is 11.1. The molecule has 0 spiro atoms. The van der Waals surface area contributed by atoms with Crippen LogP contribution in [0.25, 0.3) is 0 Å². The van der Waals surface area contributed by atoms with Gasteiger partial charge >= 0.3 is 0 Å². The number of nitrogens with two attached hydrogens (primary N) is 1. The molecule has 0 heterocycles. The van der Waals surface area contributed by atoms with Crippen molar-refractivity contribution in [3.8, 4) is 0 Å². The summed E-state index contributed by atoms with van der Waals surface area (Å²) < 4.78 is 0. The molecule has 4 heteroatoms. The first kappa shape index (κ1) is 14.3. The Kier molecular flexibility index (Phi) is 5.72. The van der Waals surface area contributed by atoms with Crippen molar-refractivity contribution < 1.29 is 0 Å². The lowest BCUT2D eigenvalue weighted by Crippen LogP contribution is -2.19. The topological polar surface area (TPSA) is 29.3 Å². The van der Waals surface area contributed by atoms with Gasteiger partial charge in [-0.25, -0.2) is 0 Å². The van der Waals surface area contributed by atoms with Crippen LogP contribution in [0.4, 0.5) is 5.69 Å². The number of rotatable bonds is 6. The minimum absolute atomic E-state index is 0.382. The van der Waals surface area contributed by atoms with Crippen LogP contribution in [0.1, 0.15) is 31.7 Å². The lowest BCUT2D eigenvalue weighted by Gasteiger charge is -2.20. The second-order valence-electron chi connectivity index (χ2n) is 4.16. The van der Waals surface area contributed by atoms with Crippen molar-refractivity contribution in [3.63, 3.8) is 0 Å². The maximum atomic E-state index is 6.22. The molecule has 0 unspecified atom stereocenters. The lowest BCUT2D eigenvalue weighted by atomic mass is 10.2. The molecule has 0 radical (unpaired) electrons. The van der Waals surface area contributed by atoms with E-state index in [0.717, 1.165) is 17.8 Å². The van der Waals surface area contributed by atoms with Gasteiger partial charge in [-0.05, 0) is 24.6 Å². The van der Waals surface area contributed by atoms with Crippen LogP contribution in [0.3, 0.4) is 0 Å². The van der Waals surface area contributed by atoms with Crippen LogP contribution in [0.2, 0.25) is 5.02 Å². The van der Waals surface area contributed by atoms with E-state index in [4.69, 9.17) is 29.6 Å². The van der Waals surface area contributed by atoms with Crippen LogP contribution in [-0.2, 0) is 0 Å². The first-order valence-electron chi connectivity index (χ1n) is 5.86. The maximum Gasteiger partial charge on any atom is 0.104 e. The van der Waals surface area contributed by atoms with E-state index in [1.54, 1.807) is 0 Å². The fourth-order valence-corrected chi connectivity index (χ4v) is 2.14. The standard InChI is InChI=1S/C13H19ClN2S/c1-3-4-5-8-16(2)12-7-6-10(13(15)17)9-11(12)14/h6-7,9H,3-5,8H2,1-2H3,(H2,15,17). The highest BCUT2D eigenvalue weighted by Gasteiger charge is 2.07. The smallest absolute Gasteiger partial charge is 0.104 e. The first-order valence-corrected chi connectivity index (χ1v) is 6.65. The van der Waals surface area contributed by atoms with Gasteiger partial charge in [0.2, 0.25) is 0 Å². The normalized spacial score (nSPS) is 10.3. The van der Waals surface area contributed by atoms with E-state index in [1.165, 1.54) is 19.3 Å². The number of hydrogen-bond donors (Lipinski definition) is 1. The van der Waals surface area contributed by atoms with E-state index < -0.39 is 0 Å². The number of anilines is 1. The van der Waals surface area contributed by atoms with Crippen LogP contribution in [0.15, 0.2) is 18.2 Å². The second-order valence-corrected chi connectivity index (χ2v) is 5.01. The Balaban J connectivity index is 2.74. The van der Waals surface area contributed by atoms with Gasteiger partial charge < -0.3 is 10.6 Å². The van der Waals surface area contributed by atoms with Gasteiger partial charge in [-0.1, -0.05) is 43.6 Å². The molecule has 2 N–H and O–H groups in total. The third-order valence-corrected chi connectivity index (χ3v) is 3.28. The van der Waals surface area contributed by atoms with Crippen LogP contribution < -0.4 is 10.6 Å². The van der Waals surface area contributed by atoms with Crippen molar-refractivity contribution >= 4 is 34.5 Å². The van der Waals surface area contributed by atoms with Gasteiger partial charge in [0.15, 0.2) is 0 Å². The first-order chi connectivity index (χ1) is 8.06. The molecule has 0 saturated carbocycles. The van der Waals surface area contributed by atoms with Gasteiger partial charge in [0.25, 0.3) is 0 Å². The molecule has 0 amide bonds. The molecule has 17 heavy (non-hydrogen) atoms. The number of halogens is 1. The van der Waals surface area contributed by atoms with Crippen molar-refractivity contribution in [2.45, 2.75) is 26.2 Å². The van der Waals surface area contributed by atoms with Gasteiger partial charge in [-0.15, -0.1) is 0 Å². The Morgan fingerprint density at radius 3 is 2.65 bits per heavy atom. The Hall–Kier alpha value is -0.800. The molecular formula is C13H19ClN2S. The zero-order chi connectivity index (χ0) is 12.8. The second kappa shape index (κ2) is 6.82. The Labute approximate surface area is 114 Å². The Bertz CT molecular complexity index is 393. The van der Waals surface area contributed by atoms with Crippen LogP contribution in [0.5, 0.6) is 0 Å². The highest BCUT2D eigenvalue weighted by atomic mass is 35.5. The van der Waals surface area contributed by atoms with Crippen LogP contribution in [-0.4, -0.2) is 18.6 Å². The van der Waals surface area contributed by atoms with Crippen LogP contribution in [0, 0.1) is 0 Å². The number of hydrogen-bond acceptors (Lipinski definition) is 2. The van der Waals surface area contributed by atoms with Gasteiger partial charge in [-0.2, -0.15) is 0 Å². The zero-order valence-corrected chi connectivity index (χ0v) is 11.9. The molecule has 0 aliphatic rings. The quantitative estimate of drug-likeness (QED) is 0.633. The maximum absolute atomic E-state index is 6.22. The summed E-state index contributed by atoms with van der Waals surface area (Å²) in [6, 6.07) is 5.72. The molecule has 0 saturated heterocycles. The molecule has 0 fully saturated rings. The predicted octanol–water partition coefficient (Wildman–Crippen LogP) is 3.60. The number of nitrogens with zero attached hydrogens (tertiary/aromatic N) is 1. The van der Waals surface area contributed by atoms with Crippen molar-refractivity contribution in [2.75, 3.05) is 18.5 Å². The molecule has 1 rings (SSSR count). The third-order valence-electron chi connectivity index (χ3n) is 2.74. The molecule has 0 aromatic heterocycles. The highest BCUT2D eigenvalue weighted by Crippen LogP contribution is 2.26. The van der Waals surface area contributed by atoms with Crippen LogP contribution >= 0.6 is 23.8 Å². The van der Waals surface area contributed by atoms with E-state index in [0.29, 0.717) is 10.0 Å². The lowest BCUT2D eigenvalue weighted by molar-refractivity contribution is 0.705. The average molecular weight is 271 g/mol. The highest BCUT2D eigenvalue weighted by molar-refractivity contribution is 7.80. The van der Waals surface area contributed by atoms with E-state index in [-0.39, 0.29) is 0 Å². The van der Waals surface area contributed by atoms with Gasteiger partial charge in [0.05, 0.1) is 10.7 Å². The summed E-state index contributed by atoms with van der Waals surface area (Å²) in [6.07, 6.45) is 3.65. The Morgan fingerprint density at radius 2 is 2.12 bits per heavy atom. The van der Waals surface area contributed by atoms with E-state index in [2.05, 4.69) is 18.9 Å². The molecule has 1 aromatic rings. The van der Waals surface area contributed by atoms with Crippen molar-refractivity contribution in [1.29, 1.82) is 0 Å². The van der Waals surface area contributed by atoms with Crippen molar-refractivity contribution in [2.24, 2.45) is 5.73 Å². The summed E-state index contributed by atoms with van der Waals surface area (Å²) in [5.41, 5.74) is 7.41. The fraction of sp³-hybridized carbons (Fsp3) is 0.462. The summed E-state index contributed by atoms with van der Waals surface area (Å²) in [4.78, 5) is 2.55. The predicted molar refractivity (Wildman–Crippen MR) is 80.1 cm³/mol. The number of thiocarbonyl (C=S) groups is 1. The molecule has 1 aromatic carbocycles. The molecule has 0 atom stereocenters. The van der Waals surface area contributed by atoms with Gasteiger partial charge in [0.1, 0.15) is 4.99 Å². The third kappa shape index (κ3) is 4.17. The van der Waals surface area contributed by atoms with Gasteiger partial charge in [-0.3, -0.25) is 0 Å². The monoisotopic (exact) mass is 270 g/mol. The molecule has 2 nitrogen and oxygen atoms in total. The summed E-state index contributed by atoms with van der Waals surface area (Å²) in [5, 5.41) is 0.703. The fourth-order valence-electron chi connectivity index (χ4n) is 1.69. The molecular weight excluding hydrogens is 252 g/mol. The van der Waals surface area contributed by atoms with Crippen molar-refractivity contribution in [3.05, 3.63) is 28.8 Å². The zero-order valence-electron chi connectivity index (χ0n) is 10.4. The summed E-state index contributed by atoms with van der Waals surface area (Å²) in [7, 11) is 2.05. The Morgan fingerprint density at radius 1 is 1.41 bits per heavy atom. The molecule has 0 aliphatic carbocycles. The van der Waals surface area contributed by atoms with E-state index >= 15 is 0 Å². The largest absolute Gasteiger partial charge is 0.389 e. The SMILES string of the molecule is CCCCCN(C)c1ccc(C(N)=S)cc1Cl.